The van der Waals surface area contributed by atoms with Crippen molar-refractivity contribution in [2.24, 2.45) is 5.73 Å². The van der Waals surface area contributed by atoms with E-state index in [1.54, 1.807) is 0 Å². The maximum Gasteiger partial charge on any atom is 0.234 e. The van der Waals surface area contributed by atoms with Crippen LogP contribution in [0.25, 0.3) is 0 Å². The average molecular weight is 235 g/mol. The van der Waals surface area contributed by atoms with Gasteiger partial charge in [-0.1, -0.05) is 30.3 Å². The third-order valence-corrected chi connectivity index (χ3v) is 2.71. The second-order valence-corrected chi connectivity index (χ2v) is 4.29. The summed E-state index contributed by atoms with van der Waals surface area (Å²) in [5.74, 6) is -0.0126. The Hall–Kier alpha value is -1.39. The molecule has 0 spiro atoms. The zero-order valence-electron chi connectivity index (χ0n) is 10.4. The van der Waals surface area contributed by atoms with Crippen molar-refractivity contribution < 1.29 is 4.79 Å². The molecule has 0 aliphatic rings. The SMILES string of the molecule is CC(N)C(C)NCC(=O)NCc1ccccc1. The molecule has 0 aromatic heterocycles. The van der Waals surface area contributed by atoms with Crippen molar-refractivity contribution in [1.82, 2.24) is 10.6 Å². The molecule has 2 unspecified atom stereocenters. The van der Waals surface area contributed by atoms with Crippen LogP contribution in [0.3, 0.4) is 0 Å². The lowest BCUT2D eigenvalue weighted by atomic mass is 10.2. The van der Waals surface area contributed by atoms with Gasteiger partial charge in [-0.25, -0.2) is 0 Å². The highest BCUT2D eigenvalue weighted by Crippen LogP contribution is 1.96. The summed E-state index contributed by atoms with van der Waals surface area (Å²) in [7, 11) is 0. The van der Waals surface area contributed by atoms with Crippen LogP contribution in [0.1, 0.15) is 19.4 Å². The zero-order chi connectivity index (χ0) is 12.7. The Morgan fingerprint density at radius 2 is 1.94 bits per heavy atom. The Kier molecular flexibility index (Phi) is 5.66. The second-order valence-electron chi connectivity index (χ2n) is 4.29. The number of carbonyl (C=O) groups is 1. The Labute approximate surface area is 103 Å². The summed E-state index contributed by atoms with van der Waals surface area (Å²) in [6, 6.07) is 10.0. The molecule has 1 aromatic carbocycles. The molecular weight excluding hydrogens is 214 g/mol. The summed E-state index contributed by atoms with van der Waals surface area (Å²) in [6.45, 7) is 4.75. The fourth-order valence-corrected chi connectivity index (χ4v) is 1.30. The van der Waals surface area contributed by atoms with Gasteiger partial charge in [0.1, 0.15) is 0 Å². The second kappa shape index (κ2) is 7.04. The van der Waals surface area contributed by atoms with Gasteiger partial charge in [0.05, 0.1) is 6.54 Å². The van der Waals surface area contributed by atoms with Crippen molar-refractivity contribution in [2.75, 3.05) is 6.54 Å². The minimum absolute atomic E-state index is 0.0126. The van der Waals surface area contributed by atoms with Crippen molar-refractivity contribution in [3.05, 3.63) is 35.9 Å². The molecule has 4 N–H and O–H groups in total. The van der Waals surface area contributed by atoms with Crippen molar-refractivity contribution in [3.63, 3.8) is 0 Å². The molecular formula is C13H21N3O. The highest BCUT2D eigenvalue weighted by atomic mass is 16.1. The summed E-state index contributed by atoms with van der Waals surface area (Å²) in [5, 5.41) is 5.93. The molecule has 1 amide bonds. The molecule has 0 heterocycles. The predicted molar refractivity (Wildman–Crippen MR) is 69.4 cm³/mol. The van der Waals surface area contributed by atoms with Gasteiger partial charge in [-0.15, -0.1) is 0 Å². The van der Waals surface area contributed by atoms with E-state index in [0.717, 1.165) is 5.56 Å². The highest BCUT2D eigenvalue weighted by Gasteiger charge is 2.08. The summed E-state index contributed by atoms with van der Waals surface area (Å²) in [4.78, 5) is 11.5. The molecule has 0 saturated heterocycles. The van der Waals surface area contributed by atoms with Gasteiger partial charge in [0, 0.05) is 18.6 Å². The van der Waals surface area contributed by atoms with Crippen LogP contribution in [0.15, 0.2) is 30.3 Å². The fraction of sp³-hybridized carbons (Fsp3) is 0.462. The standard InChI is InChI=1S/C13H21N3O/c1-10(14)11(2)15-9-13(17)16-8-12-6-4-3-5-7-12/h3-7,10-11,15H,8-9,14H2,1-2H3,(H,16,17). The Morgan fingerprint density at radius 3 is 2.53 bits per heavy atom. The number of carbonyl (C=O) groups excluding carboxylic acids is 1. The van der Waals surface area contributed by atoms with Gasteiger partial charge in [-0.3, -0.25) is 4.79 Å². The van der Waals surface area contributed by atoms with Crippen LogP contribution in [-0.4, -0.2) is 24.5 Å². The van der Waals surface area contributed by atoms with Gasteiger partial charge in [0.2, 0.25) is 5.91 Å². The molecule has 0 saturated carbocycles. The van der Waals surface area contributed by atoms with E-state index in [0.29, 0.717) is 13.1 Å². The van der Waals surface area contributed by atoms with Gasteiger partial charge in [0.25, 0.3) is 0 Å². The predicted octanol–water partition coefficient (Wildman–Crippen LogP) is 0.628. The minimum atomic E-state index is -0.0126. The summed E-state index contributed by atoms with van der Waals surface area (Å²) in [6.07, 6.45) is 0. The maximum absolute atomic E-state index is 11.5. The Balaban J connectivity index is 2.22. The van der Waals surface area contributed by atoms with Gasteiger partial charge < -0.3 is 16.4 Å². The Morgan fingerprint density at radius 1 is 1.29 bits per heavy atom. The van der Waals surface area contributed by atoms with Gasteiger partial charge in [-0.2, -0.15) is 0 Å². The number of rotatable bonds is 6. The molecule has 1 rings (SSSR count). The minimum Gasteiger partial charge on any atom is -0.351 e. The zero-order valence-corrected chi connectivity index (χ0v) is 10.4. The number of benzene rings is 1. The number of hydrogen-bond donors (Lipinski definition) is 3. The van der Waals surface area contributed by atoms with Crippen molar-refractivity contribution in [3.8, 4) is 0 Å². The lowest BCUT2D eigenvalue weighted by Crippen LogP contribution is -2.45. The smallest absolute Gasteiger partial charge is 0.234 e. The van der Waals surface area contributed by atoms with E-state index in [2.05, 4.69) is 10.6 Å². The van der Waals surface area contributed by atoms with Gasteiger partial charge >= 0.3 is 0 Å². The van der Waals surface area contributed by atoms with E-state index < -0.39 is 0 Å². The quantitative estimate of drug-likeness (QED) is 0.677. The number of nitrogens with two attached hydrogens (primary N) is 1. The maximum atomic E-state index is 11.5. The molecule has 17 heavy (non-hydrogen) atoms. The van der Waals surface area contributed by atoms with Gasteiger partial charge in [-0.05, 0) is 19.4 Å². The monoisotopic (exact) mass is 235 g/mol. The topological polar surface area (TPSA) is 67.1 Å². The van der Waals surface area contributed by atoms with E-state index in [-0.39, 0.29) is 18.0 Å². The first-order valence-corrected chi connectivity index (χ1v) is 5.89. The van der Waals surface area contributed by atoms with Crippen LogP contribution in [-0.2, 0) is 11.3 Å². The summed E-state index contributed by atoms with van der Waals surface area (Å²) >= 11 is 0. The van der Waals surface area contributed by atoms with E-state index in [4.69, 9.17) is 5.73 Å². The van der Waals surface area contributed by atoms with Crippen LogP contribution >= 0.6 is 0 Å². The summed E-state index contributed by atoms with van der Waals surface area (Å²) < 4.78 is 0. The molecule has 4 heteroatoms. The van der Waals surface area contributed by atoms with E-state index in [1.165, 1.54) is 0 Å². The molecule has 2 atom stereocenters. The van der Waals surface area contributed by atoms with Crippen molar-refractivity contribution in [1.29, 1.82) is 0 Å². The first-order valence-electron chi connectivity index (χ1n) is 5.89. The highest BCUT2D eigenvalue weighted by molar-refractivity contribution is 5.78. The van der Waals surface area contributed by atoms with Crippen LogP contribution in [0.4, 0.5) is 0 Å². The number of nitrogens with one attached hydrogen (secondary N) is 2. The largest absolute Gasteiger partial charge is 0.351 e. The third-order valence-electron chi connectivity index (χ3n) is 2.71. The first-order chi connectivity index (χ1) is 8.09. The van der Waals surface area contributed by atoms with Crippen LogP contribution in [0, 0.1) is 0 Å². The van der Waals surface area contributed by atoms with Crippen LogP contribution < -0.4 is 16.4 Å². The molecule has 4 nitrogen and oxygen atoms in total. The summed E-state index contributed by atoms with van der Waals surface area (Å²) in [5.41, 5.74) is 6.79. The molecule has 0 aliphatic heterocycles. The van der Waals surface area contributed by atoms with E-state index in [9.17, 15) is 4.79 Å². The number of hydrogen-bond acceptors (Lipinski definition) is 3. The molecule has 0 radical (unpaired) electrons. The normalized spacial score (nSPS) is 14.1. The number of amides is 1. The van der Waals surface area contributed by atoms with Crippen LogP contribution in [0.2, 0.25) is 0 Å². The van der Waals surface area contributed by atoms with E-state index in [1.807, 2.05) is 44.2 Å². The lowest BCUT2D eigenvalue weighted by Gasteiger charge is -2.17. The molecule has 1 aromatic rings. The van der Waals surface area contributed by atoms with Crippen molar-refractivity contribution in [2.45, 2.75) is 32.5 Å². The molecule has 0 aliphatic carbocycles. The fourth-order valence-electron chi connectivity index (χ4n) is 1.30. The Bertz CT molecular complexity index is 338. The van der Waals surface area contributed by atoms with E-state index >= 15 is 0 Å². The van der Waals surface area contributed by atoms with Crippen LogP contribution in [0.5, 0.6) is 0 Å². The molecule has 0 bridgehead atoms. The van der Waals surface area contributed by atoms with Gasteiger partial charge in [0.15, 0.2) is 0 Å². The molecule has 94 valence electrons. The van der Waals surface area contributed by atoms with Crippen molar-refractivity contribution >= 4 is 5.91 Å². The third kappa shape index (κ3) is 5.47. The lowest BCUT2D eigenvalue weighted by molar-refractivity contribution is -0.120. The molecule has 0 fully saturated rings. The first kappa shape index (κ1) is 13.7. The average Bonchev–Trinajstić information content (AvgIpc) is 2.34.